The SMILES string of the molecule is CN=C(NCc1cccc(OCC(N)=O)c1)NC1CCCN(Cc2ccccc2)C1. The Labute approximate surface area is 178 Å². The first kappa shape index (κ1) is 21.6. The summed E-state index contributed by atoms with van der Waals surface area (Å²) in [5, 5.41) is 6.91. The van der Waals surface area contributed by atoms with Crippen LogP contribution in [0.25, 0.3) is 0 Å². The molecular weight excluding hydrogens is 378 g/mol. The van der Waals surface area contributed by atoms with Gasteiger partial charge < -0.3 is 21.1 Å². The van der Waals surface area contributed by atoms with Gasteiger partial charge in [0.2, 0.25) is 0 Å². The maximum Gasteiger partial charge on any atom is 0.255 e. The summed E-state index contributed by atoms with van der Waals surface area (Å²) in [6.45, 7) is 3.57. The maximum absolute atomic E-state index is 10.9. The Bertz CT molecular complexity index is 840. The minimum atomic E-state index is -0.489. The largest absolute Gasteiger partial charge is 0.484 e. The molecule has 160 valence electrons. The molecule has 1 heterocycles. The third kappa shape index (κ3) is 7.08. The van der Waals surface area contributed by atoms with Gasteiger partial charge >= 0.3 is 0 Å². The minimum absolute atomic E-state index is 0.124. The quantitative estimate of drug-likeness (QED) is 0.457. The minimum Gasteiger partial charge on any atom is -0.484 e. The molecule has 1 unspecified atom stereocenters. The third-order valence-corrected chi connectivity index (χ3v) is 5.06. The summed E-state index contributed by atoms with van der Waals surface area (Å²) < 4.78 is 5.37. The van der Waals surface area contributed by atoms with Crippen molar-refractivity contribution in [2.24, 2.45) is 10.7 Å². The van der Waals surface area contributed by atoms with E-state index in [9.17, 15) is 4.79 Å². The number of likely N-dealkylation sites (tertiary alicyclic amines) is 1. The van der Waals surface area contributed by atoms with Crippen LogP contribution in [-0.2, 0) is 17.9 Å². The van der Waals surface area contributed by atoms with Crippen molar-refractivity contribution < 1.29 is 9.53 Å². The molecule has 7 nitrogen and oxygen atoms in total. The second kappa shape index (κ2) is 11.2. The van der Waals surface area contributed by atoms with E-state index >= 15 is 0 Å². The Morgan fingerprint density at radius 3 is 2.77 bits per heavy atom. The molecule has 4 N–H and O–H groups in total. The molecule has 30 heavy (non-hydrogen) atoms. The van der Waals surface area contributed by atoms with Crippen molar-refractivity contribution in [3.05, 3.63) is 65.7 Å². The molecule has 0 aromatic heterocycles. The van der Waals surface area contributed by atoms with Crippen LogP contribution < -0.4 is 21.1 Å². The molecule has 2 aromatic rings. The fraction of sp³-hybridized carbons (Fsp3) is 0.391. The van der Waals surface area contributed by atoms with E-state index in [-0.39, 0.29) is 6.61 Å². The summed E-state index contributed by atoms with van der Waals surface area (Å²) in [4.78, 5) is 17.7. The molecule has 0 radical (unpaired) electrons. The molecule has 1 aliphatic rings. The number of ether oxygens (including phenoxy) is 1. The molecule has 3 rings (SSSR count). The van der Waals surface area contributed by atoms with Gasteiger partial charge in [-0.3, -0.25) is 14.7 Å². The van der Waals surface area contributed by atoms with Crippen LogP contribution in [0.5, 0.6) is 5.75 Å². The van der Waals surface area contributed by atoms with Crippen molar-refractivity contribution >= 4 is 11.9 Å². The van der Waals surface area contributed by atoms with E-state index in [0.717, 1.165) is 37.6 Å². The second-order valence-corrected chi connectivity index (χ2v) is 7.53. The zero-order chi connectivity index (χ0) is 21.2. The molecule has 1 amide bonds. The standard InChI is InChI=1S/C23H31N5O2/c1-25-23(26-14-19-9-5-11-21(13-19)30-17-22(24)29)27-20-10-6-12-28(16-20)15-18-7-3-2-4-8-18/h2-5,7-9,11,13,20H,6,10,12,14-17H2,1H3,(H2,24,29)(H2,25,26,27). The molecule has 0 aliphatic carbocycles. The van der Waals surface area contributed by atoms with Crippen molar-refractivity contribution in [3.63, 3.8) is 0 Å². The fourth-order valence-electron chi connectivity index (χ4n) is 3.63. The Kier molecular flexibility index (Phi) is 8.09. The molecule has 0 spiro atoms. The fourth-order valence-corrected chi connectivity index (χ4v) is 3.63. The van der Waals surface area contributed by atoms with Gasteiger partial charge in [0.05, 0.1) is 0 Å². The highest BCUT2D eigenvalue weighted by molar-refractivity contribution is 5.80. The molecule has 0 bridgehead atoms. The normalized spacial score (nSPS) is 17.4. The van der Waals surface area contributed by atoms with Gasteiger partial charge in [0.1, 0.15) is 5.75 Å². The van der Waals surface area contributed by atoms with Gasteiger partial charge in [0.25, 0.3) is 5.91 Å². The highest BCUT2D eigenvalue weighted by Crippen LogP contribution is 2.15. The Morgan fingerprint density at radius 2 is 2.00 bits per heavy atom. The Balaban J connectivity index is 1.48. The number of carbonyl (C=O) groups is 1. The van der Waals surface area contributed by atoms with Gasteiger partial charge in [-0.1, -0.05) is 42.5 Å². The number of amides is 1. The predicted molar refractivity (Wildman–Crippen MR) is 119 cm³/mol. The molecule has 2 aromatic carbocycles. The topological polar surface area (TPSA) is 92.0 Å². The molecule has 0 saturated carbocycles. The number of guanidine groups is 1. The number of benzene rings is 2. The number of piperidine rings is 1. The monoisotopic (exact) mass is 409 g/mol. The summed E-state index contributed by atoms with van der Waals surface area (Å²) in [5.41, 5.74) is 7.52. The van der Waals surface area contributed by atoms with E-state index in [0.29, 0.717) is 18.3 Å². The number of rotatable bonds is 8. The van der Waals surface area contributed by atoms with Crippen LogP contribution in [0.15, 0.2) is 59.6 Å². The van der Waals surface area contributed by atoms with Crippen LogP contribution in [0.3, 0.4) is 0 Å². The van der Waals surface area contributed by atoms with Crippen molar-refractivity contribution in [1.82, 2.24) is 15.5 Å². The summed E-state index contributed by atoms with van der Waals surface area (Å²) in [7, 11) is 1.78. The van der Waals surface area contributed by atoms with Crippen LogP contribution >= 0.6 is 0 Å². The first-order valence-corrected chi connectivity index (χ1v) is 10.4. The summed E-state index contributed by atoms with van der Waals surface area (Å²) in [6, 6.07) is 18.6. The third-order valence-electron chi connectivity index (χ3n) is 5.06. The zero-order valence-electron chi connectivity index (χ0n) is 17.5. The van der Waals surface area contributed by atoms with E-state index in [1.165, 1.54) is 12.0 Å². The maximum atomic E-state index is 10.9. The highest BCUT2D eigenvalue weighted by Gasteiger charge is 2.20. The lowest BCUT2D eigenvalue weighted by Gasteiger charge is -2.34. The van der Waals surface area contributed by atoms with Crippen LogP contribution in [0.2, 0.25) is 0 Å². The molecule has 1 fully saturated rings. The molecule has 1 aliphatic heterocycles. The number of nitrogens with zero attached hydrogens (tertiary/aromatic N) is 2. The lowest BCUT2D eigenvalue weighted by atomic mass is 10.0. The van der Waals surface area contributed by atoms with Gasteiger partial charge in [-0.2, -0.15) is 0 Å². The smallest absolute Gasteiger partial charge is 0.255 e. The Morgan fingerprint density at radius 1 is 1.20 bits per heavy atom. The van der Waals surface area contributed by atoms with Gasteiger partial charge in [-0.15, -0.1) is 0 Å². The van der Waals surface area contributed by atoms with E-state index < -0.39 is 5.91 Å². The predicted octanol–water partition coefficient (Wildman–Crippen LogP) is 1.88. The number of nitrogens with two attached hydrogens (primary N) is 1. The molecule has 7 heteroatoms. The number of hydrogen-bond donors (Lipinski definition) is 3. The van der Waals surface area contributed by atoms with Crippen LogP contribution in [-0.4, -0.2) is 49.6 Å². The first-order chi connectivity index (χ1) is 14.6. The van der Waals surface area contributed by atoms with E-state index in [1.54, 1.807) is 7.05 Å². The van der Waals surface area contributed by atoms with Crippen molar-refractivity contribution in [2.75, 3.05) is 26.7 Å². The van der Waals surface area contributed by atoms with Gasteiger partial charge in [0.15, 0.2) is 12.6 Å². The van der Waals surface area contributed by atoms with E-state index in [2.05, 4.69) is 50.9 Å². The summed E-state index contributed by atoms with van der Waals surface area (Å²) >= 11 is 0. The van der Waals surface area contributed by atoms with E-state index in [4.69, 9.17) is 10.5 Å². The average molecular weight is 410 g/mol. The average Bonchev–Trinajstić information content (AvgIpc) is 2.76. The number of primary amides is 1. The zero-order valence-corrected chi connectivity index (χ0v) is 17.5. The van der Waals surface area contributed by atoms with Gasteiger partial charge in [-0.05, 0) is 42.6 Å². The van der Waals surface area contributed by atoms with Crippen molar-refractivity contribution in [2.45, 2.75) is 32.0 Å². The van der Waals surface area contributed by atoms with Crippen molar-refractivity contribution in [1.29, 1.82) is 0 Å². The van der Waals surface area contributed by atoms with Gasteiger partial charge in [0, 0.05) is 32.7 Å². The molecule has 1 saturated heterocycles. The van der Waals surface area contributed by atoms with Crippen LogP contribution in [0, 0.1) is 0 Å². The number of carbonyl (C=O) groups excluding carboxylic acids is 1. The number of nitrogens with one attached hydrogen (secondary N) is 2. The van der Waals surface area contributed by atoms with Crippen LogP contribution in [0.4, 0.5) is 0 Å². The van der Waals surface area contributed by atoms with Crippen LogP contribution in [0.1, 0.15) is 24.0 Å². The number of aliphatic imine (C=N–C) groups is 1. The summed E-state index contributed by atoms with van der Waals surface area (Å²) in [6.07, 6.45) is 2.29. The van der Waals surface area contributed by atoms with E-state index in [1.807, 2.05) is 24.3 Å². The summed E-state index contributed by atoms with van der Waals surface area (Å²) in [5.74, 6) is 0.918. The van der Waals surface area contributed by atoms with Gasteiger partial charge in [-0.25, -0.2) is 0 Å². The first-order valence-electron chi connectivity index (χ1n) is 10.4. The molecular formula is C23H31N5O2. The lowest BCUT2D eigenvalue weighted by molar-refractivity contribution is -0.119. The second-order valence-electron chi connectivity index (χ2n) is 7.53. The Hall–Kier alpha value is -3.06. The number of hydrogen-bond acceptors (Lipinski definition) is 4. The van der Waals surface area contributed by atoms with Crippen molar-refractivity contribution in [3.8, 4) is 5.75 Å². The highest BCUT2D eigenvalue weighted by atomic mass is 16.5. The molecule has 1 atom stereocenters. The lowest BCUT2D eigenvalue weighted by Crippen LogP contribution is -2.50.